The molecule has 1 aromatic carbocycles. The van der Waals surface area contributed by atoms with Crippen molar-refractivity contribution in [3.05, 3.63) is 59.9 Å². The molecule has 1 fully saturated rings. The van der Waals surface area contributed by atoms with Crippen LogP contribution in [-0.4, -0.2) is 36.6 Å². The van der Waals surface area contributed by atoms with Crippen LogP contribution in [0.1, 0.15) is 17.3 Å². The van der Waals surface area contributed by atoms with Crippen LogP contribution in [0.3, 0.4) is 0 Å². The average molecular weight is 302 g/mol. The van der Waals surface area contributed by atoms with E-state index in [1.165, 1.54) is 11.3 Å². The molecule has 0 N–H and O–H groups in total. The SMILES string of the molecule is CN1CCN(c2ccnc(CCl)c2)C(c2ccccc2)C1. The number of pyridine rings is 1. The highest BCUT2D eigenvalue weighted by Crippen LogP contribution is 2.30. The molecule has 3 nitrogen and oxygen atoms in total. The zero-order chi connectivity index (χ0) is 14.7. The van der Waals surface area contributed by atoms with Gasteiger partial charge in [0.25, 0.3) is 0 Å². The molecule has 1 unspecified atom stereocenters. The normalized spacial score (nSPS) is 19.7. The Hall–Kier alpha value is -1.58. The van der Waals surface area contributed by atoms with Gasteiger partial charge >= 0.3 is 0 Å². The number of aromatic nitrogens is 1. The van der Waals surface area contributed by atoms with Crippen molar-refractivity contribution in [3.63, 3.8) is 0 Å². The maximum absolute atomic E-state index is 5.93. The van der Waals surface area contributed by atoms with Crippen LogP contribution in [-0.2, 0) is 5.88 Å². The van der Waals surface area contributed by atoms with Crippen LogP contribution in [0.2, 0.25) is 0 Å². The fourth-order valence-corrected chi connectivity index (χ4v) is 3.05. The summed E-state index contributed by atoms with van der Waals surface area (Å²) in [5, 5.41) is 0. The summed E-state index contributed by atoms with van der Waals surface area (Å²) >= 11 is 5.93. The zero-order valence-corrected chi connectivity index (χ0v) is 13.0. The van der Waals surface area contributed by atoms with Gasteiger partial charge in [0.2, 0.25) is 0 Å². The minimum Gasteiger partial charge on any atom is -0.362 e. The van der Waals surface area contributed by atoms with Crippen LogP contribution in [0, 0.1) is 0 Å². The number of alkyl halides is 1. The van der Waals surface area contributed by atoms with Crippen molar-refractivity contribution >= 4 is 17.3 Å². The number of rotatable bonds is 3. The van der Waals surface area contributed by atoms with E-state index in [2.05, 4.69) is 64.3 Å². The predicted molar refractivity (Wildman–Crippen MR) is 87.8 cm³/mol. The molecule has 110 valence electrons. The topological polar surface area (TPSA) is 19.4 Å². The number of piperazine rings is 1. The summed E-state index contributed by atoms with van der Waals surface area (Å²) in [6, 6.07) is 15.3. The first-order valence-corrected chi connectivity index (χ1v) is 7.82. The van der Waals surface area contributed by atoms with Crippen LogP contribution in [0.15, 0.2) is 48.7 Å². The van der Waals surface area contributed by atoms with Gasteiger partial charge in [-0.3, -0.25) is 4.98 Å². The summed E-state index contributed by atoms with van der Waals surface area (Å²) in [5.41, 5.74) is 3.50. The highest BCUT2D eigenvalue weighted by Gasteiger charge is 2.26. The molecule has 4 heteroatoms. The van der Waals surface area contributed by atoms with E-state index in [-0.39, 0.29) is 0 Å². The van der Waals surface area contributed by atoms with Gasteiger partial charge in [-0.1, -0.05) is 30.3 Å². The van der Waals surface area contributed by atoms with Crippen LogP contribution in [0.5, 0.6) is 0 Å². The van der Waals surface area contributed by atoms with Crippen molar-refractivity contribution in [2.75, 3.05) is 31.6 Å². The number of anilines is 1. The van der Waals surface area contributed by atoms with E-state index in [4.69, 9.17) is 11.6 Å². The van der Waals surface area contributed by atoms with Crippen LogP contribution in [0.4, 0.5) is 5.69 Å². The van der Waals surface area contributed by atoms with E-state index >= 15 is 0 Å². The molecular formula is C17H20ClN3. The molecule has 1 aliphatic heterocycles. The maximum atomic E-state index is 5.93. The Balaban J connectivity index is 1.94. The van der Waals surface area contributed by atoms with Gasteiger partial charge in [0.1, 0.15) is 0 Å². The van der Waals surface area contributed by atoms with E-state index < -0.39 is 0 Å². The molecule has 0 amide bonds. The summed E-state index contributed by atoms with van der Waals surface area (Å²) in [6.45, 7) is 3.12. The molecule has 2 aromatic rings. The lowest BCUT2D eigenvalue weighted by molar-refractivity contribution is 0.269. The first-order chi connectivity index (χ1) is 10.3. The molecule has 0 aliphatic carbocycles. The first kappa shape index (κ1) is 14.4. The second-order valence-corrected chi connectivity index (χ2v) is 5.79. The van der Waals surface area contributed by atoms with Gasteiger partial charge in [0.15, 0.2) is 0 Å². The molecule has 1 atom stereocenters. The monoisotopic (exact) mass is 301 g/mol. The number of hydrogen-bond acceptors (Lipinski definition) is 3. The molecular weight excluding hydrogens is 282 g/mol. The van der Waals surface area contributed by atoms with Crippen LogP contribution >= 0.6 is 11.6 Å². The van der Waals surface area contributed by atoms with Crippen LogP contribution < -0.4 is 4.90 Å². The Morgan fingerprint density at radius 2 is 2.00 bits per heavy atom. The number of halogens is 1. The van der Waals surface area contributed by atoms with Gasteiger partial charge in [-0.2, -0.15) is 0 Å². The molecule has 0 radical (unpaired) electrons. The van der Waals surface area contributed by atoms with E-state index in [0.717, 1.165) is 25.3 Å². The largest absolute Gasteiger partial charge is 0.362 e. The van der Waals surface area contributed by atoms with Gasteiger partial charge in [-0.05, 0) is 24.7 Å². The minimum absolute atomic E-state index is 0.371. The van der Waals surface area contributed by atoms with E-state index in [0.29, 0.717) is 11.9 Å². The predicted octanol–water partition coefficient (Wildman–Crippen LogP) is 3.31. The molecule has 21 heavy (non-hydrogen) atoms. The number of likely N-dealkylation sites (N-methyl/N-ethyl adjacent to an activating group) is 1. The van der Waals surface area contributed by atoms with Gasteiger partial charge in [0, 0.05) is 31.5 Å². The van der Waals surface area contributed by atoms with Crippen molar-refractivity contribution in [1.29, 1.82) is 0 Å². The Morgan fingerprint density at radius 1 is 1.19 bits per heavy atom. The molecule has 0 bridgehead atoms. The molecule has 0 saturated carbocycles. The summed E-state index contributed by atoms with van der Waals surface area (Å²) < 4.78 is 0. The summed E-state index contributed by atoms with van der Waals surface area (Å²) in [7, 11) is 2.18. The first-order valence-electron chi connectivity index (χ1n) is 7.29. The highest BCUT2D eigenvalue weighted by atomic mass is 35.5. The Labute approximate surface area is 131 Å². The molecule has 1 saturated heterocycles. The molecule has 1 aliphatic rings. The van der Waals surface area contributed by atoms with E-state index in [9.17, 15) is 0 Å². The molecule has 3 rings (SSSR count). The smallest absolute Gasteiger partial charge is 0.0669 e. The van der Waals surface area contributed by atoms with Gasteiger partial charge in [-0.25, -0.2) is 0 Å². The lowest BCUT2D eigenvalue weighted by Crippen LogP contribution is -2.47. The van der Waals surface area contributed by atoms with Gasteiger partial charge < -0.3 is 9.80 Å². The third-order valence-electron chi connectivity index (χ3n) is 4.04. The summed E-state index contributed by atoms with van der Waals surface area (Å²) in [4.78, 5) is 9.15. The standard InChI is InChI=1S/C17H20ClN3/c1-20-9-10-21(16-7-8-19-15(11-16)12-18)17(13-20)14-5-3-2-4-6-14/h2-8,11,17H,9-10,12-13H2,1H3. The molecule has 1 aromatic heterocycles. The van der Waals surface area contributed by atoms with Crippen molar-refractivity contribution in [2.24, 2.45) is 0 Å². The quantitative estimate of drug-likeness (QED) is 0.811. The number of nitrogens with zero attached hydrogens (tertiary/aromatic N) is 3. The third kappa shape index (κ3) is 3.20. The van der Waals surface area contributed by atoms with Crippen molar-refractivity contribution in [1.82, 2.24) is 9.88 Å². The second kappa shape index (κ2) is 6.46. The second-order valence-electron chi connectivity index (χ2n) is 5.52. The highest BCUT2D eigenvalue weighted by molar-refractivity contribution is 6.16. The average Bonchev–Trinajstić information content (AvgIpc) is 2.55. The number of benzene rings is 1. The van der Waals surface area contributed by atoms with E-state index in [1.807, 2.05) is 6.20 Å². The maximum Gasteiger partial charge on any atom is 0.0669 e. The molecule has 2 heterocycles. The van der Waals surface area contributed by atoms with Crippen LogP contribution in [0.25, 0.3) is 0 Å². The molecule has 0 spiro atoms. The van der Waals surface area contributed by atoms with Gasteiger partial charge in [0.05, 0.1) is 17.6 Å². The van der Waals surface area contributed by atoms with Crippen molar-refractivity contribution in [2.45, 2.75) is 11.9 Å². The van der Waals surface area contributed by atoms with E-state index in [1.54, 1.807) is 0 Å². The van der Waals surface area contributed by atoms with Gasteiger partial charge in [-0.15, -0.1) is 11.6 Å². The minimum atomic E-state index is 0.371. The lowest BCUT2D eigenvalue weighted by Gasteiger charge is -2.42. The lowest BCUT2D eigenvalue weighted by atomic mass is 10.0. The summed E-state index contributed by atoms with van der Waals surface area (Å²) in [5.74, 6) is 0.456. The van der Waals surface area contributed by atoms with Crippen molar-refractivity contribution in [3.8, 4) is 0 Å². The Kier molecular flexibility index (Phi) is 4.42. The summed E-state index contributed by atoms with van der Waals surface area (Å²) in [6.07, 6.45) is 1.85. The third-order valence-corrected chi connectivity index (χ3v) is 4.31. The fourth-order valence-electron chi connectivity index (χ4n) is 2.91. The Bertz CT molecular complexity index is 588. The Morgan fingerprint density at radius 3 is 2.76 bits per heavy atom. The van der Waals surface area contributed by atoms with Crippen molar-refractivity contribution < 1.29 is 0 Å². The zero-order valence-electron chi connectivity index (χ0n) is 12.2. The number of hydrogen-bond donors (Lipinski definition) is 0. The fraction of sp³-hybridized carbons (Fsp3) is 0.353.